The number of rotatable bonds is 5. The van der Waals surface area contributed by atoms with Gasteiger partial charge in [-0.05, 0) is 44.1 Å². The number of benzene rings is 1. The van der Waals surface area contributed by atoms with Gasteiger partial charge in [0.2, 0.25) is 0 Å². The minimum atomic E-state index is 0.0209. The Hall–Kier alpha value is -0.770. The molecule has 0 saturated heterocycles. The maximum Gasteiger partial charge on any atom is 0.253 e. The molecule has 1 aromatic rings. The number of carbonyl (C=O) groups excluding carboxylic acids is 1. The molecule has 1 aliphatic rings. The van der Waals surface area contributed by atoms with E-state index in [1.165, 1.54) is 12.8 Å². The van der Waals surface area contributed by atoms with Gasteiger partial charge in [0.25, 0.3) is 5.91 Å². The SMILES string of the molecule is CCN(CC)[C@H]1CCCC[C@H]1N(C)C(=O)c1ccc(Cl)c(Cl)c1. The predicted octanol–water partition coefficient (Wildman–Crippen LogP) is 4.72. The van der Waals surface area contributed by atoms with Gasteiger partial charge in [-0.2, -0.15) is 0 Å². The number of hydrogen-bond acceptors (Lipinski definition) is 2. The average molecular weight is 357 g/mol. The third kappa shape index (κ3) is 4.20. The van der Waals surface area contributed by atoms with E-state index < -0.39 is 0 Å². The van der Waals surface area contributed by atoms with Crippen LogP contribution >= 0.6 is 23.2 Å². The van der Waals surface area contributed by atoms with Crippen molar-refractivity contribution < 1.29 is 4.79 Å². The third-order valence-corrected chi connectivity index (χ3v) is 5.70. The molecule has 2 rings (SSSR count). The second-order valence-corrected chi connectivity index (χ2v) is 7.00. The van der Waals surface area contributed by atoms with Gasteiger partial charge in [0.15, 0.2) is 0 Å². The second-order valence-electron chi connectivity index (χ2n) is 6.19. The molecule has 0 N–H and O–H groups in total. The van der Waals surface area contributed by atoms with Crippen LogP contribution in [0.3, 0.4) is 0 Å². The van der Waals surface area contributed by atoms with Crippen molar-refractivity contribution in [3.8, 4) is 0 Å². The molecule has 128 valence electrons. The molecule has 0 aromatic heterocycles. The highest BCUT2D eigenvalue weighted by Crippen LogP contribution is 2.29. The number of likely N-dealkylation sites (N-methyl/N-ethyl adjacent to an activating group) is 2. The van der Waals surface area contributed by atoms with E-state index in [9.17, 15) is 4.79 Å². The highest BCUT2D eigenvalue weighted by atomic mass is 35.5. The van der Waals surface area contributed by atoms with Crippen molar-refractivity contribution in [3.63, 3.8) is 0 Å². The summed E-state index contributed by atoms with van der Waals surface area (Å²) in [7, 11) is 1.91. The van der Waals surface area contributed by atoms with Crippen molar-refractivity contribution in [1.82, 2.24) is 9.80 Å². The predicted molar refractivity (Wildman–Crippen MR) is 97.5 cm³/mol. The van der Waals surface area contributed by atoms with E-state index in [-0.39, 0.29) is 11.9 Å². The zero-order valence-electron chi connectivity index (χ0n) is 14.2. The standard InChI is InChI=1S/C18H26Cl2N2O/c1-4-22(5-2)17-9-7-6-8-16(17)21(3)18(23)13-10-11-14(19)15(20)12-13/h10-12,16-17H,4-9H2,1-3H3/t16-,17+/m1/s1. The fourth-order valence-corrected chi connectivity index (χ4v) is 3.94. The van der Waals surface area contributed by atoms with Crippen LogP contribution < -0.4 is 0 Å². The quantitative estimate of drug-likeness (QED) is 0.761. The smallest absolute Gasteiger partial charge is 0.253 e. The summed E-state index contributed by atoms with van der Waals surface area (Å²) in [4.78, 5) is 17.2. The number of hydrogen-bond donors (Lipinski definition) is 0. The summed E-state index contributed by atoms with van der Waals surface area (Å²) in [5.74, 6) is 0.0209. The fraction of sp³-hybridized carbons (Fsp3) is 0.611. The summed E-state index contributed by atoms with van der Waals surface area (Å²) in [6.07, 6.45) is 4.64. The first-order valence-corrected chi connectivity index (χ1v) is 9.21. The lowest BCUT2D eigenvalue weighted by molar-refractivity contribution is 0.0465. The Bertz CT molecular complexity index is 546. The topological polar surface area (TPSA) is 23.6 Å². The second kappa shape index (κ2) is 8.36. The van der Waals surface area contributed by atoms with Crippen molar-refractivity contribution in [2.75, 3.05) is 20.1 Å². The third-order valence-electron chi connectivity index (χ3n) is 4.96. The van der Waals surface area contributed by atoms with Crippen LogP contribution in [0.25, 0.3) is 0 Å². The van der Waals surface area contributed by atoms with E-state index >= 15 is 0 Å². The molecule has 0 unspecified atom stereocenters. The zero-order chi connectivity index (χ0) is 17.0. The summed E-state index contributed by atoms with van der Waals surface area (Å²) in [5, 5.41) is 0.902. The zero-order valence-corrected chi connectivity index (χ0v) is 15.7. The van der Waals surface area contributed by atoms with Crippen LogP contribution in [-0.2, 0) is 0 Å². The molecule has 1 amide bonds. The Balaban J connectivity index is 2.19. The first kappa shape index (κ1) is 18.6. The van der Waals surface area contributed by atoms with Gasteiger partial charge in [-0.15, -0.1) is 0 Å². The first-order chi connectivity index (χ1) is 11.0. The first-order valence-electron chi connectivity index (χ1n) is 8.45. The van der Waals surface area contributed by atoms with Crippen LogP contribution in [0, 0.1) is 0 Å². The van der Waals surface area contributed by atoms with Gasteiger partial charge in [0.05, 0.1) is 10.0 Å². The van der Waals surface area contributed by atoms with Crippen LogP contribution in [0.2, 0.25) is 10.0 Å². The van der Waals surface area contributed by atoms with Crippen LogP contribution in [0.15, 0.2) is 18.2 Å². The number of nitrogens with zero attached hydrogens (tertiary/aromatic N) is 2. The lowest BCUT2D eigenvalue weighted by atomic mass is 9.87. The van der Waals surface area contributed by atoms with Crippen molar-refractivity contribution in [3.05, 3.63) is 33.8 Å². The minimum absolute atomic E-state index is 0.0209. The molecule has 1 aliphatic carbocycles. The number of amides is 1. The molecule has 0 bridgehead atoms. The van der Waals surface area contributed by atoms with E-state index in [0.717, 1.165) is 25.9 Å². The molecule has 0 radical (unpaired) electrons. The molecule has 0 aliphatic heterocycles. The molecule has 2 atom stereocenters. The molecule has 0 spiro atoms. The van der Waals surface area contributed by atoms with Crippen molar-refractivity contribution in [2.45, 2.75) is 51.6 Å². The van der Waals surface area contributed by atoms with E-state index in [4.69, 9.17) is 23.2 Å². The van der Waals surface area contributed by atoms with Gasteiger partial charge in [-0.25, -0.2) is 0 Å². The molecular formula is C18H26Cl2N2O. The van der Waals surface area contributed by atoms with Gasteiger partial charge in [-0.3, -0.25) is 9.69 Å². The maximum atomic E-state index is 12.9. The van der Waals surface area contributed by atoms with E-state index in [0.29, 0.717) is 21.7 Å². The molecular weight excluding hydrogens is 331 g/mol. The summed E-state index contributed by atoms with van der Waals surface area (Å²) < 4.78 is 0. The molecule has 1 fully saturated rings. The Morgan fingerprint density at radius 1 is 1.09 bits per heavy atom. The van der Waals surface area contributed by atoms with E-state index in [2.05, 4.69) is 18.7 Å². The van der Waals surface area contributed by atoms with Crippen LogP contribution in [0.5, 0.6) is 0 Å². The van der Waals surface area contributed by atoms with Gasteiger partial charge in [0, 0.05) is 24.7 Å². The van der Waals surface area contributed by atoms with E-state index in [1.807, 2.05) is 11.9 Å². The lowest BCUT2D eigenvalue weighted by Gasteiger charge is -2.43. The molecule has 1 saturated carbocycles. The van der Waals surface area contributed by atoms with Crippen LogP contribution in [0.1, 0.15) is 49.9 Å². The maximum absolute atomic E-state index is 12.9. The Morgan fingerprint density at radius 2 is 1.70 bits per heavy atom. The summed E-state index contributed by atoms with van der Waals surface area (Å²) in [6.45, 7) is 6.42. The average Bonchev–Trinajstić information content (AvgIpc) is 2.57. The van der Waals surface area contributed by atoms with Crippen molar-refractivity contribution in [1.29, 1.82) is 0 Å². The number of halogens is 2. The van der Waals surface area contributed by atoms with Gasteiger partial charge in [0.1, 0.15) is 0 Å². The van der Waals surface area contributed by atoms with Gasteiger partial charge >= 0.3 is 0 Å². The molecule has 1 aromatic carbocycles. The Kier molecular flexibility index (Phi) is 6.75. The summed E-state index contributed by atoms with van der Waals surface area (Å²) in [6, 6.07) is 5.80. The molecule has 23 heavy (non-hydrogen) atoms. The van der Waals surface area contributed by atoms with Crippen molar-refractivity contribution >= 4 is 29.1 Å². The Morgan fingerprint density at radius 3 is 2.26 bits per heavy atom. The van der Waals surface area contributed by atoms with Crippen molar-refractivity contribution in [2.24, 2.45) is 0 Å². The molecule has 3 nitrogen and oxygen atoms in total. The highest BCUT2D eigenvalue weighted by Gasteiger charge is 2.33. The number of carbonyl (C=O) groups is 1. The van der Waals surface area contributed by atoms with Crippen LogP contribution in [-0.4, -0.2) is 47.9 Å². The van der Waals surface area contributed by atoms with Gasteiger partial charge < -0.3 is 4.90 Å². The Labute approximate surface area is 149 Å². The minimum Gasteiger partial charge on any atom is -0.337 e. The molecule has 0 heterocycles. The monoisotopic (exact) mass is 356 g/mol. The molecule has 5 heteroatoms. The fourth-order valence-electron chi connectivity index (χ4n) is 3.65. The largest absolute Gasteiger partial charge is 0.337 e. The van der Waals surface area contributed by atoms with Crippen LogP contribution in [0.4, 0.5) is 0 Å². The summed E-state index contributed by atoms with van der Waals surface area (Å²) in [5.41, 5.74) is 0.603. The highest BCUT2D eigenvalue weighted by molar-refractivity contribution is 6.42. The summed E-state index contributed by atoms with van der Waals surface area (Å²) >= 11 is 12.0. The van der Waals surface area contributed by atoms with E-state index in [1.54, 1.807) is 18.2 Å². The normalized spacial score (nSPS) is 21.5. The lowest BCUT2D eigenvalue weighted by Crippen LogP contribution is -2.53. The van der Waals surface area contributed by atoms with Gasteiger partial charge in [-0.1, -0.05) is 49.9 Å².